The van der Waals surface area contributed by atoms with Crippen LogP contribution < -0.4 is 4.72 Å². The van der Waals surface area contributed by atoms with Crippen LogP contribution in [0.3, 0.4) is 0 Å². The molecule has 1 aliphatic rings. The summed E-state index contributed by atoms with van der Waals surface area (Å²) in [4.78, 5) is 0. The smallest absolute Gasteiger partial charge is 0.279 e. The number of rotatable bonds is 4. The number of hydrogen-bond donors (Lipinski definition) is 2. The molecule has 100 valence electrons. The van der Waals surface area contributed by atoms with Crippen LogP contribution in [0.1, 0.15) is 18.4 Å². The van der Waals surface area contributed by atoms with Crippen LogP contribution in [-0.2, 0) is 16.8 Å². The van der Waals surface area contributed by atoms with Crippen molar-refractivity contribution in [2.24, 2.45) is 0 Å². The quantitative estimate of drug-likeness (QED) is 0.836. The van der Waals surface area contributed by atoms with Gasteiger partial charge in [0, 0.05) is 19.6 Å². The normalized spacial score (nSPS) is 18.9. The second-order valence-electron chi connectivity index (χ2n) is 4.44. The predicted molar refractivity (Wildman–Crippen MR) is 69.0 cm³/mol. The van der Waals surface area contributed by atoms with Crippen LogP contribution >= 0.6 is 0 Å². The zero-order valence-corrected chi connectivity index (χ0v) is 10.9. The average Bonchev–Trinajstić information content (AvgIpc) is 2.38. The first kappa shape index (κ1) is 13.5. The first-order valence-electron chi connectivity index (χ1n) is 6.04. The van der Waals surface area contributed by atoms with E-state index >= 15 is 0 Å². The highest BCUT2D eigenvalue weighted by Crippen LogP contribution is 2.13. The van der Waals surface area contributed by atoms with E-state index in [1.165, 1.54) is 4.31 Å². The molecule has 2 rings (SSSR count). The number of hydrogen-bond acceptors (Lipinski definition) is 3. The van der Waals surface area contributed by atoms with Crippen LogP contribution in [0.15, 0.2) is 30.3 Å². The van der Waals surface area contributed by atoms with Gasteiger partial charge in [-0.25, -0.2) is 0 Å². The van der Waals surface area contributed by atoms with Crippen LogP contribution in [0.4, 0.5) is 0 Å². The minimum absolute atomic E-state index is 0.294. The van der Waals surface area contributed by atoms with Crippen LogP contribution in [0.25, 0.3) is 0 Å². The Kier molecular flexibility index (Phi) is 4.34. The van der Waals surface area contributed by atoms with Crippen molar-refractivity contribution in [3.8, 4) is 0 Å². The van der Waals surface area contributed by atoms with Gasteiger partial charge in [0.05, 0.1) is 6.10 Å². The van der Waals surface area contributed by atoms with Gasteiger partial charge in [-0.3, -0.25) is 0 Å². The first-order chi connectivity index (χ1) is 8.58. The molecular weight excluding hydrogens is 252 g/mol. The van der Waals surface area contributed by atoms with Gasteiger partial charge in [-0.15, -0.1) is 0 Å². The van der Waals surface area contributed by atoms with Gasteiger partial charge in [0.1, 0.15) is 0 Å². The fourth-order valence-corrected chi connectivity index (χ4v) is 3.17. The van der Waals surface area contributed by atoms with Crippen molar-refractivity contribution in [1.29, 1.82) is 0 Å². The van der Waals surface area contributed by atoms with Gasteiger partial charge in [-0.1, -0.05) is 30.3 Å². The second-order valence-corrected chi connectivity index (χ2v) is 6.20. The molecule has 1 aromatic carbocycles. The van der Waals surface area contributed by atoms with Gasteiger partial charge in [0.25, 0.3) is 10.2 Å². The Hall–Kier alpha value is -0.950. The highest BCUT2D eigenvalue weighted by Gasteiger charge is 2.26. The van der Waals surface area contributed by atoms with Crippen LogP contribution in [0, 0.1) is 0 Å². The Balaban J connectivity index is 1.91. The molecule has 1 fully saturated rings. The van der Waals surface area contributed by atoms with Gasteiger partial charge < -0.3 is 5.11 Å². The maximum atomic E-state index is 12.0. The minimum atomic E-state index is -3.43. The summed E-state index contributed by atoms with van der Waals surface area (Å²) in [6, 6.07) is 9.40. The Morgan fingerprint density at radius 2 is 1.83 bits per heavy atom. The van der Waals surface area contributed by atoms with Gasteiger partial charge in [-0.2, -0.15) is 17.4 Å². The molecule has 0 bridgehead atoms. The lowest BCUT2D eigenvalue weighted by Crippen LogP contribution is -2.45. The van der Waals surface area contributed by atoms with Gasteiger partial charge in [0.15, 0.2) is 0 Å². The summed E-state index contributed by atoms with van der Waals surface area (Å²) in [6.07, 6.45) is 0.643. The predicted octanol–water partition coefficient (Wildman–Crippen LogP) is 0.478. The molecular formula is C12H18N2O3S. The Bertz CT molecular complexity index is 467. The number of nitrogens with zero attached hydrogens (tertiary/aromatic N) is 1. The van der Waals surface area contributed by atoms with Crippen molar-refractivity contribution in [3.63, 3.8) is 0 Å². The number of nitrogens with one attached hydrogen (secondary N) is 1. The van der Waals surface area contributed by atoms with E-state index in [0.717, 1.165) is 5.56 Å². The topological polar surface area (TPSA) is 69.6 Å². The third kappa shape index (κ3) is 3.52. The summed E-state index contributed by atoms with van der Waals surface area (Å²) in [5, 5.41) is 9.36. The van der Waals surface area contributed by atoms with Crippen molar-refractivity contribution >= 4 is 10.2 Å². The van der Waals surface area contributed by atoms with Gasteiger partial charge in [0.2, 0.25) is 0 Å². The van der Waals surface area contributed by atoms with Crippen molar-refractivity contribution in [1.82, 2.24) is 9.03 Å². The van der Waals surface area contributed by atoms with Gasteiger partial charge in [-0.05, 0) is 18.4 Å². The van der Waals surface area contributed by atoms with Crippen LogP contribution in [0.2, 0.25) is 0 Å². The van der Waals surface area contributed by atoms with E-state index in [2.05, 4.69) is 4.72 Å². The lowest BCUT2D eigenvalue weighted by Gasteiger charge is -2.28. The fraction of sp³-hybridized carbons (Fsp3) is 0.500. The van der Waals surface area contributed by atoms with E-state index in [9.17, 15) is 13.5 Å². The SMILES string of the molecule is O=S(=O)(NCc1ccccc1)N1CCC(O)CC1. The van der Waals surface area contributed by atoms with E-state index < -0.39 is 10.2 Å². The lowest BCUT2D eigenvalue weighted by molar-refractivity contribution is 0.112. The maximum absolute atomic E-state index is 12.0. The summed E-state index contributed by atoms with van der Waals surface area (Å²) >= 11 is 0. The molecule has 18 heavy (non-hydrogen) atoms. The third-order valence-electron chi connectivity index (χ3n) is 3.06. The molecule has 0 aliphatic carbocycles. The molecule has 2 N–H and O–H groups in total. The zero-order valence-electron chi connectivity index (χ0n) is 10.1. The zero-order chi connectivity index (χ0) is 13.0. The summed E-state index contributed by atoms with van der Waals surface area (Å²) in [5.41, 5.74) is 0.929. The summed E-state index contributed by atoms with van der Waals surface area (Å²) in [6.45, 7) is 1.05. The third-order valence-corrected chi connectivity index (χ3v) is 4.62. The highest BCUT2D eigenvalue weighted by atomic mass is 32.2. The molecule has 0 aromatic heterocycles. The summed E-state index contributed by atoms with van der Waals surface area (Å²) in [7, 11) is -3.43. The minimum Gasteiger partial charge on any atom is -0.393 e. The van der Waals surface area contributed by atoms with Crippen molar-refractivity contribution < 1.29 is 13.5 Å². The fourth-order valence-electron chi connectivity index (χ4n) is 1.94. The maximum Gasteiger partial charge on any atom is 0.279 e. The number of benzene rings is 1. The Morgan fingerprint density at radius 3 is 2.44 bits per heavy atom. The molecule has 5 nitrogen and oxygen atoms in total. The van der Waals surface area contributed by atoms with E-state index in [-0.39, 0.29) is 6.10 Å². The number of aliphatic hydroxyl groups excluding tert-OH is 1. The van der Waals surface area contributed by atoms with E-state index in [0.29, 0.717) is 32.5 Å². The number of aliphatic hydroxyl groups is 1. The highest BCUT2D eigenvalue weighted by molar-refractivity contribution is 7.87. The molecule has 0 saturated carbocycles. The largest absolute Gasteiger partial charge is 0.393 e. The van der Waals surface area contributed by atoms with E-state index in [1.54, 1.807) is 0 Å². The average molecular weight is 270 g/mol. The molecule has 0 amide bonds. The molecule has 1 aliphatic heterocycles. The first-order valence-corrected chi connectivity index (χ1v) is 7.49. The molecule has 0 radical (unpaired) electrons. The van der Waals surface area contributed by atoms with Crippen LogP contribution in [-0.4, -0.2) is 37.0 Å². The van der Waals surface area contributed by atoms with Crippen molar-refractivity contribution in [2.75, 3.05) is 13.1 Å². The monoisotopic (exact) mass is 270 g/mol. The molecule has 1 heterocycles. The Labute approximate surface area is 108 Å². The van der Waals surface area contributed by atoms with E-state index in [1.807, 2.05) is 30.3 Å². The van der Waals surface area contributed by atoms with Crippen molar-refractivity contribution in [3.05, 3.63) is 35.9 Å². The molecule has 1 saturated heterocycles. The summed E-state index contributed by atoms with van der Waals surface area (Å²) < 4.78 is 28.0. The van der Waals surface area contributed by atoms with Crippen LogP contribution in [0.5, 0.6) is 0 Å². The molecule has 6 heteroatoms. The lowest BCUT2D eigenvalue weighted by atomic mass is 10.1. The molecule has 1 aromatic rings. The second kappa shape index (κ2) is 5.79. The molecule has 0 spiro atoms. The molecule has 0 atom stereocenters. The summed E-state index contributed by atoms with van der Waals surface area (Å²) in [5.74, 6) is 0. The van der Waals surface area contributed by atoms with Gasteiger partial charge >= 0.3 is 0 Å². The molecule has 0 unspecified atom stereocenters. The van der Waals surface area contributed by atoms with E-state index in [4.69, 9.17) is 0 Å². The van der Waals surface area contributed by atoms with Crippen molar-refractivity contribution in [2.45, 2.75) is 25.5 Å². The Morgan fingerprint density at radius 1 is 1.22 bits per heavy atom. The number of piperidine rings is 1. The standard InChI is InChI=1S/C12H18N2O3S/c15-12-6-8-14(9-7-12)18(16,17)13-10-11-4-2-1-3-5-11/h1-5,12-13,15H,6-10H2.